The number of para-hydroxylation sites is 2. The molecule has 116 valence electrons. The van der Waals surface area contributed by atoms with E-state index in [-0.39, 0.29) is 11.7 Å². The van der Waals surface area contributed by atoms with Crippen LogP contribution in [-0.2, 0) is 4.79 Å². The molecule has 2 N–H and O–H groups in total. The third-order valence-corrected chi connectivity index (χ3v) is 4.11. The number of halogens is 1. The van der Waals surface area contributed by atoms with Crippen molar-refractivity contribution in [3.8, 4) is 0 Å². The van der Waals surface area contributed by atoms with Crippen LogP contribution in [0, 0.1) is 0 Å². The fourth-order valence-electron chi connectivity index (χ4n) is 1.89. The number of aromatic nitrogens is 2. The zero-order chi connectivity index (χ0) is 16.1. The Bertz CT molecular complexity index is 812. The number of nitrogens with zero attached hydrogens (tertiary/aromatic N) is 2. The van der Waals surface area contributed by atoms with E-state index in [1.165, 1.54) is 11.8 Å². The van der Waals surface area contributed by atoms with Crippen molar-refractivity contribution in [3.05, 3.63) is 59.1 Å². The second-order valence-corrected chi connectivity index (χ2v) is 6.09. The lowest BCUT2D eigenvalue weighted by Gasteiger charge is -1.98. The van der Waals surface area contributed by atoms with Gasteiger partial charge in [0.1, 0.15) is 0 Å². The molecule has 0 saturated carbocycles. The van der Waals surface area contributed by atoms with Gasteiger partial charge in [-0.15, -0.1) is 0 Å². The molecule has 3 rings (SSSR count). The van der Waals surface area contributed by atoms with E-state index in [0.717, 1.165) is 16.6 Å². The van der Waals surface area contributed by atoms with Gasteiger partial charge >= 0.3 is 0 Å². The molecule has 7 heteroatoms. The molecular weight excluding hydrogens is 332 g/mol. The Labute approximate surface area is 142 Å². The minimum absolute atomic E-state index is 0.194. The van der Waals surface area contributed by atoms with Gasteiger partial charge in [0, 0.05) is 5.02 Å². The van der Waals surface area contributed by atoms with Crippen molar-refractivity contribution in [2.75, 3.05) is 5.75 Å². The number of fused-ring (bicyclic) bond motifs is 1. The third-order valence-electron chi connectivity index (χ3n) is 2.98. The summed E-state index contributed by atoms with van der Waals surface area (Å²) >= 11 is 7.13. The molecule has 1 amide bonds. The standard InChI is InChI=1S/C16H13ClN4OS/c17-12-7-5-11(6-8-12)9-18-21-15(22)10-23-16-19-13-3-1-2-4-14(13)20-16/h1-9H,10H2,(H,19,20)(H,21,22)/b18-9-. The van der Waals surface area contributed by atoms with Crippen LogP contribution < -0.4 is 5.43 Å². The van der Waals surface area contributed by atoms with E-state index in [1.807, 2.05) is 36.4 Å². The molecule has 0 radical (unpaired) electrons. The van der Waals surface area contributed by atoms with Crippen LogP contribution in [0.1, 0.15) is 5.56 Å². The van der Waals surface area contributed by atoms with Crippen LogP contribution in [0.15, 0.2) is 58.8 Å². The summed E-state index contributed by atoms with van der Waals surface area (Å²) < 4.78 is 0. The number of benzene rings is 2. The molecule has 3 aromatic rings. The van der Waals surface area contributed by atoms with E-state index in [9.17, 15) is 4.79 Å². The summed E-state index contributed by atoms with van der Waals surface area (Å²) in [6.07, 6.45) is 1.57. The Morgan fingerprint density at radius 2 is 2.04 bits per heavy atom. The van der Waals surface area contributed by atoms with Gasteiger partial charge in [-0.1, -0.05) is 47.6 Å². The number of hydrogen-bond acceptors (Lipinski definition) is 4. The summed E-state index contributed by atoms with van der Waals surface area (Å²) in [7, 11) is 0. The lowest BCUT2D eigenvalue weighted by molar-refractivity contribution is -0.118. The maximum absolute atomic E-state index is 11.8. The zero-order valence-corrected chi connectivity index (χ0v) is 13.6. The van der Waals surface area contributed by atoms with Gasteiger partial charge in [-0.2, -0.15) is 5.10 Å². The number of hydrogen-bond donors (Lipinski definition) is 2. The van der Waals surface area contributed by atoms with Crippen molar-refractivity contribution in [2.45, 2.75) is 5.16 Å². The number of rotatable bonds is 5. The first-order chi connectivity index (χ1) is 11.2. The fourth-order valence-corrected chi connectivity index (χ4v) is 2.69. The van der Waals surface area contributed by atoms with Gasteiger partial charge in [-0.25, -0.2) is 10.4 Å². The highest BCUT2D eigenvalue weighted by Crippen LogP contribution is 2.18. The van der Waals surface area contributed by atoms with Crippen LogP contribution in [0.4, 0.5) is 0 Å². The van der Waals surface area contributed by atoms with Crippen molar-refractivity contribution in [3.63, 3.8) is 0 Å². The SMILES string of the molecule is O=C(CSc1nc2ccccc2[nH]1)N/N=C\c1ccc(Cl)cc1. The summed E-state index contributed by atoms with van der Waals surface area (Å²) in [4.78, 5) is 19.3. The van der Waals surface area contributed by atoms with Gasteiger partial charge < -0.3 is 4.98 Å². The Hall–Kier alpha value is -2.31. The molecule has 2 aromatic carbocycles. The highest BCUT2D eigenvalue weighted by atomic mass is 35.5. The Kier molecular flexibility index (Phi) is 4.95. The van der Waals surface area contributed by atoms with Gasteiger partial charge in [0.05, 0.1) is 23.0 Å². The van der Waals surface area contributed by atoms with Crippen molar-refractivity contribution in [2.24, 2.45) is 5.10 Å². The molecule has 0 bridgehead atoms. The van der Waals surface area contributed by atoms with E-state index in [2.05, 4.69) is 20.5 Å². The second-order valence-electron chi connectivity index (χ2n) is 4.69. The van der Waals surface area contributed by atoms with Gasteiger partial charge in [-0.3, -0.25) is 4.79 Å². The molecule has 0 saturated heterocycles. The number of H-pyrrole nitrogens is 1. The minimum atomic E-state index is -0.194. The highest BCUT2D eigenvalue weighted by Gasteiger charge is 2.06. The molecule has 0 spiro atoms. The largest absolute Gasteiger partial charge is 0.333 e. The number of amides is 1. The summed E-state index contributed by atoms with van der Waals surface area (Å²) in [5.41, 5.74) is 5.19. The molecule has 1 heterocycles. The van der Waals surface area contributed by atoms with Gasteiger partial charge in [0.2, 0.25) is 0 Å². The first kappa shape index (κ1) is 15.6. The summed E-state index contributed by atoms with van der Waals surface area (Å²) in [6.45, 7) is 0. The number of imidazole rings is 1. The normalized spacial score (nSPS) is 11.2. The van der Waals surface area contributed by atoms with Gasteiger partial charge in [0.25, 0.3) is 5.91 Å². The summed E-state index contributed by atoms with van der Waals surface area (Å²) in [6, 6.07) is 14.9. The van der Waals surface area contributed by atoms with Crippen LogP contribution >= 0.6 is 23.4 Å². The number of carbonyl (C=O) groups excluding carboxylic acids is 1. The maximum atomic E-state index is 11.8. The van der Waals surface area contributed by atoms with E-state index in [4.69, 9.17) is 11.6 Å². The van der Waals surface area contributed by atoms with E-state index < -0.39 is 0 Å². The lowest BCUT2D eigenvalue weighted by Crippen LogP contribution is -2.19. The molecule has 0 atom stereocenters. The van der Waals surface area contributed by atoms with Crippen LogP contribution in [0.5, 0.6) is 0 Å². The third kappa shape index (κ3) is 4.34. The van der Waals surface area contributed by atoms with Gasteiger partial charge in [-0.05, 0) is 29.8 Å². The Morgan fingerprint density at radius 1 is 1.26 bits per heavy atom. The molecule has 0 aliphatic carbocycles. The summed E-state index contributed by atoms with van der Waals surface area (Å²) in [5.74, 6) is 0.0401. The van der Waals surface area contributed by atoms with E-state index in [1.54, 1.807) is 18.3 Å². The summed E-state index contributed by atoms with van der Waals surface area (Å²) in [5, 5.41) is 5.29. The van der Waals surface area contributed by atoms with Crippen molar-refractivity contribution in [1.29, 1.82) is 0 Å². The molecule has 0 aliphatic rings. The van der Waals surface area contributed by atoms with E-state index >= 15 is 0 Å². The first-order valence-electron chi connectivity index (χ1n) is 6.86. The molecule has 1 aromatic heterocycles. The highest BCUT2D eigenvalue weighted by molar-refractivity contribution is 7.99. The van der Waals surface area contributed by atoms with Gasteiger partial charge in [0.15, 0.2) is 5.16 Å². The predicted octanol–water partition coefficient (Wildman–Crippen LogP) is 3.46. The van der Waals surface area contributed by atoms with Crippen molar-refractivity contribution < 1.29 is 4.79 Å². The first-order valence-corrected chi connectivity index (χ1v) is 8.22. The quantitative estimate of drug-likeness (QED) is 0.423. The average Bonchev–Trinajstić information content (AvgIpc) is 2.98. The topological polar surface area (TPSA) is 70.1 Å². The number of thioether (sulfide) groups is 1. The molecule has 23 heavy (non-hydrogen) atoms. The average molecular weight is 345 g/mol. The fraction of sp³-hybridized carbons (Fsp3) is 0.0625. The van der Waals surface area contributed by atoms with Crippen LogP contribution in [0.2, 0.25) is 5.02 Å². The molecule has 5 nitrogen and oxygen atoms in total. The minimum Gasteiger partial charge on any atom is -0.333 e. The number of nitrogens with one attached hydrogen (secondary N) is 2. The zero-order valence-electron chi connectivity index (χ0n) is 12.0. The Balaban J connectivity index is 1.50. The number of carbonyl (C=O) groups is 1. The van der Waals surface area contributed by atoms with Crippen molar-refractivity contribution in [1.82, 2.24) is 15.4 Å². The van der Waals surface area contributed by atoms with Crippen LogP contribution in [-0.4, -0.2) is 27.8 Å². The van der Waals surface area contributed by atoms with Crippen molar-refractivity contribution >= 4 is 46.5 Å². The maximum Gasteiger partial charge on any atom is 0.250 e. The van der Waals surface area contributed by atoms with Crippen LogP contribution in [0.25, 0.3) is 11.0 Å². The number of hydrazone groups is 1. The molecule has 0 fully saturated rings. The monoisotopic (exact) mass is 344 g/mol. The molecular formula is C16H13ClN4OS. The van der Waals surface area contributed by atoms with E-state index in [0.29, 0.717) is 10.2 Å². The molecule has 0 aliphatic heterocycles. The molecule has 0 unspecified atom stereocenters. The smallest absolute Gasteiger partial charge is 0.250 e. The van der Waals surface area contributed by atoms with Crippen LogP contribution in [0.3, 0.4) is 0 Å². The second kappa shape index (κ2) is 7.30. The lowest BCUT2D eigenvalue weighted by atomic mass is 10.2. The Morgan fingerprint density at radius 3 is 2.83 bits per heavy atom. The predicted molar refractivity (Wildman–Crippen MR) is 94.0 cm³/mol. The number of aromatic amines is 1.